The largest absolute Gasteiger partial charge is 0.493 e. The predicted octanol–water partition coefficient (Wildman–Crippen LogP) is 5.13. The van der Waals surface area contributed by atoms with Crippen LogP contribution in [0.1, 0.15) is 49.9 Å². The third-order valence-electron chi connectivity index (χ3n) is 5.95. The normalized spacial score (nSPS) is 15.9. The molecule has 4 rings (SSSR count). The molecule has 0 radical (unpaired) electrons. The average molecular weight is 378 g/mol. The molecule has 148 valence electrons. The smallest absolute Gasteiger partial charge is 0.123 e. The van der Waals surface area contributed by atoms with E-state index in [2.05, 4.69) is 72.0 Å². The molecule has 0 aliphatic carbocycles. The van der Waals surface area contributed by atoms with E-state index in [1.807, 2.05) is 0 Å². The number of likely N-dealkylation sites (tertiary alicyclic amines) is 1. The lowest BCUT2D eigenvalue weighted by molar-refractivity contribution is 0.196. The van der Waals surface area contributed by atoms with E-state index in [0.29, 0.717) is 5.92 Å². The zero-order chi connectivity index (χ0) is 19.3. The molecule has 1 aliphatic heterocycles. The standard InChI is InChI=1S/C24H31N3O/c1-3-4-17-28-23-12-8-5-9-20(23)19-13-15-27(16-14-19)18-24-25-21-10-6-7-11-22(21)26(24)2/h5-12,19H,3-4,13-18H2,1-2H3. The van der Waals surface area contributed by atoms with Crippen LogP contribution < -0.4 is 4.74 Å². The maximum absolute atomic E-state index is 6.08. The number of fused-ring (bicyclic) bond motifs is 1. The Hall–Kier alpha value is -2.33. The summed E-state index contributed by atoms with van der Waals surface area (Å²) in [7, 11) is 2.13. The van der Waals surface area contributed by atoms with Crippen LogP contribution in [0.5, 0.6) is 5.75 Å². The zero-order valence-electron chi connectivity index (χ0n) is 17.1. The molecule has 0 unspecified atom stereocenters. The molecule has 4 nitrogen and oxygen atoms in total. The summed E-state index contributed by atoms with van der Waals surface area (Å²) in [6, 6.07) is 17.0. The highest BCUT2D eigenvalue weighted by molar-refractivity contribution is 5.75. The molecule has 1 saturated heterocycles. The van der Waals surface area contributed by atoms with Gasteiger partial charge in [-0.05, 0) is 62.0 Å². The summed E-state index contributed by atoms with van der Waals surface area (Å²) in [5.41, 5.74) is 3.69. The minimum absolute atomic E-state index is 0.592. The lowest BCUT2D eigenvalue weighted by atomic mass is 9.89. The molecule has 1 fully saturated rings. The van der Waals surface area contributed by atoms with Crippen LogP contribution in [0.25, 0.3) is 11.0 Å². The highest BCUT2D eigenvalue weighted by Crippen LogP contribution is 2.34. The lowest BCUT2D eigenvalue weighted by Crippen LogP contribution is -2.33. The summed E-state index contributed by atoms with van der Waals surface area (Å²) in [6.07, 6.45) is 4.64. The minimum Gasteiger partial charge on any atom is -0.493 e. The van der Waals surface area contributed by atoms with Gasteiger partial charge >= 0.3 is 0 Å². The molecule has 0 N–H and O–H groups in total. The number of nitrogens with zero attached hydrogens (tertiary/aromatic N) is 3. The van der Waals surface area contributed by atoms with Gasteiger partial charge in [-0.25, -0.2) is 4.98 Å². The molecule has 28 heavy (non-hydrogen) atoms. The molecular weight excluding hydrogens is 346 g/mol. The number of para-hydroxylation sites is 3. The molecule has 3 aromatic rings. The van der Waals surface area contributed by atoms with Crippen molar-refractivity contribution >= 4 is 11.0 Å². The van der Waals surface area contributed by atoms with Crippen LogP contribution in [-0.2, 0) is 13.6 Å². The van der Waals surface area contributed by atoms with Crippen molar-refractivity contribution in [3.8, 4) is 5.75 Å². The molecule has 0 spiro atoms. The molecule has 1 aromatic heterocycles. The lowest BCUT2D eigenvalue weighted by Gasteiger charge is -2.32. The van der Waals surface area contributed by atoms with Gasteiger partial charge in [-0.1, -0.05) is 43.7 Å². The number of hydrogen-bond donors (Lipinski definition) is 0. The average Bonchev–Trinajstić information content (AvgIpc) is 3.05. The van der Waals surface area contributed by atoms with Crippen molar-refractivity contribution in [3.05, 3.63) is 59.9 Å². The van der Waals surface area contributed by atoms with Crippen LogP contribution >= 0.6 is 0 Å². The first-order valence-corrected chi connectivity index (χ1v) is 10.6. The number of imidazole rings is 1. The summed E-state index contributed by atoms with van der Waals surface area (Å²) < 4.78 is 8.31. The Labute approximate surface area is 168 Å². The van der Waals surface area contributed by atoms with Gasteiger partial charge in [0.25, 0.3) is 0 Å². The highest BCUT2D eigenvalue weighted by atomic mass is 16.5. The van der Waals surface area contributed by atoms with Gasteiger partial charge in [-0.2, -0.15) is 0 Å². The Morgan fingerprint density at radius 2 is 1.79 bits per heavy atom. The van der Waals surface area contributed by atoms with Crippen molar-refractivity contribution in [1.82, 2.24) is 14.5 Å². The molecular formula is C24H31N3O. The number of aromatic nitrogens is 2. The van der Waals surface area contributed by atoms with Gasteiger partial charge in [0, 0.05) is 7.05 Å². The molecule has 1 aliphatic rings. The summed E-state index contributed by atoms with van der Waals surface area (Å²) in [4.78, 5) is 7.38. The second-order valence-electron chi connectivity index (χ2n) is 7.87. The van der Waals surface area contributed by atoms with E-state index in [1.54, 1.807) is 0 Å². The number of hydrogen-bond acceptors (Lipinski definition) is 3. The Bertz CT molecular complexity index is 909. The van der Waals surface area contributed by atoms with Crippen molar-refractivity contribution in [3.63, 3.8) is 0 Å². The first kappa shape index (κ1) is 19.0. The SMILES string of the molecule is CCCCOc1ccccc1C1CCN(Cc2nc3ccccc3n2C)CC1. The van der Waals surface area contributed by atoms with Gasteiger partial charge in [0.1, 0.15) is 11.6 Å². The number of unbranched alkanes of at least 4 members (excludes halogenated alkanes) is 1. The van der Waals surface area contributed by atoms with E-state index in [0.717, 1.165) is 49.8 Å². The molecule has 2 aromatic carbocycles. The van der Waals surface area contributed by atoms with Crippen molar-refractivity contribution in [2.24, 2.45) is 7.05 Å². The van der Waals surface area contributed by atoms with Crippen molar-refractivity contribution in [2.45, 2.75) is 45.1 Å². The second kappa shape index (κ2) is 8.78. The van der Waals surface area contributed by atoms with Gasteiger partial charge in [-0.3, -0.25) is 4.90 Å². The predicted molar refractivity (Wildman–Crippen MR) is 115 cm³/mol. The fourth-order valence-electron chi connectivity index (χ4n) is 4.21. The van der Waals surface area contributed by atoms with Crippen molar-refractivity contribution in [1.29, 1.82) is 0 Å². The highest BCUT2D eigenvalue weighted by Gasteiger charge is 2.24. The van der Waals surface area contributed by atoms with Crippen LogP contribution in [0.15, 0.2) is 48.5 Å². The Kier molecular flexibility index (Phi) is 5.96. The molecule has 2 heterocycles. The Balaban J connectivity index is 1.39. The van der Waals surface area contributed by atoms with Crippen LogP contribution in [0.2, 0.25) is 0 Å². The first-order valence-electron chi connectivity index (χ1n) is 10.6. The quantitative estimate of drug-likeness (QED) is 0.535. The van der Waals surface area contributed by atoms with E-state index in [4.69, 9.17) is 9.72 Å². The van der Waals surface area contributed by atoms with E-state index in [9.17, 15) is 0 Å². The number of benzene rings is 2. The van der Waals surface area contributed by atoms with Gasteiger partial charge in [0.2, 0.25) is 0 Å². The molecule has 0 amide bonds. The van der Waals surface area contributed by atoms with Crippen molar-refractivity contribution < 1.29 is 4.74 Å². The second-order valence-corrected chi connectivity index (χ2v) is 7.87. The summed E-state index contributed by atoms with van der Waals surface area (Å²) in [6.45, 7) is 6.16. The zero-order valence-corrected chi connectivity index (χ0v) is 17.1. The van der Waals surface area contributed by atoms with Crippen LogP contribution in [0.3, 0.4) is 0 Å². The van der Waals surface area contributed by atoms with Crippen LogP contribution in [-0.4, -0.2) is 34.1 Å². The fourth-order valence-corrected chi connectivity index (χ4v) is 4.21. The maximum Gasteiger partial charge on any atom is 0.123 e. The molecule has 0 bridgehead atoms. The Morgan fingerprint density at radius 3 is 2.57 bits per heavy atom. The molecule has 0 atom stereocenters. The van der Waals surface area contributed by atoms with Gasteiger partial charge in [-0.15, -0.1) is 0 Å². The third-order valence-corrected chi connectivity index (χ3v) is 5.95. The topological polar surface area (TPSA) is 30.3 Å². The number of aryl methyl sites for hydroxylation is 1. The van der Waals surface area contributed by atoms with E-state index < -0.39 is 0 Å². The maximum atomic E-state index is 6.08. The van der Waals surface area contributed by atoms with Gasteiger partial charge in [0.05, 0.1) is 24.2 Å². The van der Waals surface area contributed by atoms with E-state index >= 15 is 0 Å². The molecule has 4 heteroatoms. The van der Waals surface area contributed by atoms with Crippen LogP contribution in [0.4, 0.5) is 0 Å². The fraction of sp³-hybridized carbons (Fsp3) is 0.458. The third kappa shape index (κ3) is 4.07. The first-order chi connectivity index (χ1) is 13.8. The summed E-state index contributed by atoms with van der Waals surface area (Å²) >= 11 is 0. The Morgan fingerprint density at radius 1 is 1.04 bits per heavy atom. The number of rotatable bonds is 7. The van der Waals surface area contributed by atoms with E-state index in [-0.39, 0.29) is 0 Å². The van der Waals surface area contributed by atoms with Crippen molar-refractivity contribution in [2.75, 3.05) is 19.7 Å². The monoisotopic (exact) mass is 377 g/mol. The van der Waals surface area contributed by atoms with Gasteiger partial charge in [0.15, 0.2) is 0 Å². The number of piperidine rings is 1. The van der Waals surface area contributed by atoms with Gasteiger partial charge < -0.3 is 9.30 Å². The molecule has 0 saturated carbocycles. The summed E-state index contributed by atoms with van der Waals surface area (Å²) in [5.74, 6) is 2.84. The van der Waals surface area contributed by atoms with Crippen LogP contribution in [0, 0.1) is 0 Å². The summed E-state index contributed by atoms with van der Waals surface area (Å²) in [5, 5.41) is 0. The minimum atomic E-state index is 0.592. The van der Waals surface area contributed by atoms with E-state index in [1.165, 1.54) is 30.3 Å². The number of ether oxygens (including phenoxy) is 1.